The summed E-state index contributed by atoms with van der Waals surface area (Å²) in [6.45, 7) is 2.65. The monoisotopic (exact) mass is 244 g/mol. The Balaban J connectivity index is 0.00000128. The van der Waals surface area contributed by atoms with Crippen LogP contribution in [0, 0.1) is 5.92 Å². The van der Waals surface area contributed by atoms with E-state index in [1.54, 1.807) is 12.1 Å². The summed E-state index contributed by atoms with van der Waals surface area (Å²) in [6, 6.07) is 3.46. The summed E-state index contributed by atoms with van der Waals surface area (Å²) in [6.07, 6.45) is 2.61. The number of rotatable bonds is 3. The van der Waals surface area contributed by atoms with E-state index < -0.39 is 0 Å². The minimum absolute atomic E-state index is 0. The molecule has 0 spiro atoms. The zero-order valence-corrected chi connectivity index (χ0v) is 10.1. The zero-order chi connectivity index (χ0) is 10.7. The molecule has 1 N–H and O–H groups in total. The second-order valence-electron chi connectivity index (χ2n) is 3.94. The van der Waals surface area contributed by atoms with Crippen LogP contribution >= 0.6 is 12.4 Å². The highest BCUT2D eigenvalue weighted by molar-refractivity contribution is 5.91. The smallest absolute Gasteiger partial charge is 0.289 e. The second-order valence-corrected chi connectivity index (χ2v) is 3.94. The van der Waals surface area contributed by atoms with Crippen LogP contribution in [0.4, 0.5) is 0 Å². The number of nitrogens with zero attached hydrogens (tertiary/aromatic N) is 1. The Morgan fingerprint density at radius 2 is 2.50 bits per heavy atom. The molecule has 1 aliphatic heterocycles. The first-order valence-corrected chi connectivity index (χ1v) is 5.28. The topological polar surface area (TPSA) is 45.5 Å². The largest absolute Gasteiger partial charge is 0.459 e. The molecule has 16 heavy (non-hydrogen) atoms. The number of furan rings is 1. The van der Waals surface area contributed by atoms with Crippen molar-refractivity contribution in [1.82, 2.24) is 10.2 Å². The highest BCUT2D eigenvalue weighted by Crippen LogP contribution is 2.18. The summed E-state index contributed by atoms with van der Waals surface area (Å²) in [5.41, 5.74) is 0. The van der Waals surface area contributed by atoms with Gasteiger partial charge in [0.2, 0.25) is 0 Å². The summed E-state index contributed by atoms with van der Waals surface area (Å²) in [5.74, 6) is 1.03. The van der Waals surface area contributed by atoms with Gasteiger partial charge in [0.15, 0.2) is 5.76 Å². The van der Waals surface area contributed by atoms with Gasteiger partial charge in [0, 0.05) is 13.1 Å². The number of carbonyl (C=O) groups is 1. The second kappa shape index (κ2) is 5.92. The molecule has 0 radical (unpaired) electrons. The van der Waals surface area contributed by atoms with E-state index in [4.69, 9.17) is 4.42 Å². The van der Waals surface area contributed by atoms with Crippen molar-refractivity contribution in [3.63, 3.8) is 0 Å². The Morgan fingerprint density at radius 3 is 3.12 bits per heavy atom. The quantitative estimate of drug-likeness (QED) is 0.874. The highest BCUT2D eigenvalue weighted by atomic mass is 35.5. The molecule has 1 amide bonds. The fourth-order valence-electron chi connectivity index (χ4n) is 2.03. The lowest BCUT2D eigenvalue weighted by molar-refractivity contribution is 0.0755. The molecule has 2 heterocycles. The Morgan fingerprint density at radius 1 is 1.69 bits per heavy atom. The van der Waals surface area contributed by atoms with Crippen LogP contribution in [0.5, 0.6) is 0 Å². The fraction of sp³-hybridized carbons (Fsp3) is 0.545. The average Bonchev–Trinajstić information content (AvgIpc) is 2.87. The van der Waals surface area contributed by atoms with Gasteiger partial charge in [0.1, 0.15) is 0 Å². The highest BCUT2D eigenvalue weighted by Gasteiger charge is 2.27. The number of hydrogen-bond acceptors (Lipinski definition) is 3. The van der Waals surface area contributed by atoms with Crippen LogP contribution in [0.25, 0.3) is 0 Å². The van der Waals surface area contributed by atoms with Crippen molar-refractivity contribution in [3.8, 4) is 0 Å². The summed E-state index contributed by atoms with van der Waals surface area (Å²) in [7, 11) is 1.94. The first-order chi connectivity index (χ1) is 7.31. The maximum atomic E-state index is 11.9. The molecule has 1 unspecified atom stereocenters. The zero-order valence-electron chi connectivity index (χ0n) is 9.31. The molecule has 1 aromatic rings. The van der Waals surface area contributed by atoms with E-state index in [0.29, 0.717) is 11.7 Å². The minimum Gasteiger partial charge on any atom is -0.459 e. The Hall–Kier alpha value is -1.00. The Kier molecular flexibility index (Phi) is 4.83. The molecule has 4 nitrogen and oxygen atoms in total. The third kappa shape index (κ3) is 2.77. The van der Waals surface area contributed by atoms with E-state index in [-0.39, 0.29) is 18.3 Å². The third-order valence-electron chi connectivity index (χ3n) is 2.80. The van der Waals surface area contributed by atoms with E-state index >= 15 is 0 Å². The number of amides is 1. The van der Waals surface area contributed by atoms with E-state index in [1.165, 1.54) is 6.26 Å². The van der Waals surface area contributed by atoms with Gasteiger partial charge in [-0.05, 0) is 38.1 Å². The molecular weight excluding hydrogens is 228 g/mol. The molecule has 0 bridgehead atoms. The van der Waals surface area contributed by atoms with Crippen LogP contribution in [-0.4, -0.2) is 37.5 Å². The standard InChI is InChI=1S/C11H16N2O2.ClH/c1-12-7-9-4-5-13(8-9)11(14)10-3-2-6-15-10;/h2-3,6,9,12H,4-5,7-8H2,1H3;1H. The fourth-order valence-corrected chi connectivity index (χ4v) is 2.03. The number of hydrogen-bond donors (Lipinski definition) is 1. The van der Waals surface area contributed by atoms with Gasteiger partial charge in [-0.25, -0.2) is 0 Å². The molecule has 1 aliphatic rings. The van der Waals surface area contributed by atoms with Crippen LogP contribution < -0.4 is 5.32 Å². The maximum absolute atomic E-state index is 11.9. The minimum atomic E-state index is 0. The molecule has 0 aromatic carbocycles. The SMILES string of the molecule is CNCC1CCN(C(=O)c2ccco2)C1.Cl. The number of likely N-dealkylation sites (tertiary alicyclic amines) is 1. The van der Waals surface area contributed by atoms with Crippen LogP contribution in [-0.2, 0) is 0 Å². The molecule has 0 saturated carbocycles. The van der Waals surface area contributed by atoms with Crippen molar-refractivity contribution in [3.05, 3.63) is 24.2 Å². The predicted octanol–water partition coefficient (Wildman–Crippen LogP) is 1.38. The third-order valence-corrected chi connectivity index (χ3v) is 2.80. The summed E-state index contributed by atoms with van der Waals surface area (Å²) in [4.78, 5) is 13.7. The van der Waals surface area contributed by atoms with Gasteiger partial charge in [-0.3, -0.25) is 4.79 Å². The van der Waals surface area contributed by atoms with Gasteiger partial charge in [-0.15, -0.1) is 12.4 Å². The molecule has 1 saturated heterocycles. The molecule has 1 aromatic heterocycles. The summed E-state index contributed by atoms with van der Waals surface area (Å²) < 4.78 is 5.10. The van der Waals surface area contributed by atoms with Crippen LogP contribution in [0.1, 0.15) is 17.0 Å². The lowest BCUT2D eigenvalue weighted by atomic mass is 10.1. The van der Waals surface area contributed by atoms with Crippen molar-refractivity contribution < 1.29 is 9.21 Å². The molecule has 90 valence electrons. The average molecular weight is 245 g/mol. The van der Waals surface area contributed by atoms with E-state index in [9.17, 15) is 4.79 Å². The van der Waals surface area contributed by atoms with Gasteiger partial charge < -0.3 is 14.6 Å². The van der Waals surface area contributed by atoms with Gasteiger partial charge >= 0.3 is 0 Å². The van der Waals surface area contributed by atoms with Gasteiger partial charge in [0.25, 0.3) is 5.91 Å². The Bertz CT molecular complexity index is 327. The van der Waals surface area contributed by atoms with Crippen LogP contribution in [0.3, 0.4) is 0 Å². The first kappa shape index (κ1) is 13.1. The predicted molar refractivity (Wildman–Crippen MR) is 63.9 cm³/mol. The number of nitrogens with one attached hydrogen (secondary N) is 1. The normalized spacial score (nSPS) is 19.6. The van der Waals surface area contributed by atoms with Crippen molar-refractivity contribution >= 4 is 18.3 Å². The molecule has 5 heteroatoms. The summed E-state index contributed by atoms with van der Waals surface area (Å²) in [5, 5.41) is 3.14. The Labute approximate surface area is 101 Å². The van der Waals surface area contributed by atoms with Crippen molar-refractivity contribution in [2.75, 3.05) is 26.7 Å². The number of carbonyl (C=O) groups excluding carboxylic acids is 1. The molecule has 1 fully saturated rings. The molecule has 2 rings (SSSR count). The first-order valence-electron chi connectivity index (χ1n) is 5.28. The van der Waals surface area contributed by atoms with Gasteiger partial charge in [0.05, 0.1) is 6.26 Å². The summed E-state index contributed by atoms with van der Waals surface area (Å²) >= 11 is 0. The van der Waals surface area contributed by atoms with Gasteiger partial charge in [-0.1, -0.05) is 0 Å². The lowest BCUT2D eigenvalue weighted by Gasteiger charge is -2.14. The number of halogens is 1. The molecular formula is C11H17ClN2O2. The van der Waals surface area contributed by atoms with E-state index in [1.807, 2.05) is 11.9 Å². The van der Waals surface area contributed by atoms with Crippen LogP contribution in [0.15, 0.2) is 22.8 Å². The molecule has 0 aliphatic carbocycles. The van der Waals surface area contributed by atoms with Crippen molar-refractivity contribution in [1.29, 1.82) is 0 Å². The van der Waals surface area contributed by atoms with E-state index in [0.717, 1.165) is 26.1 Å². The van der Waals surface area contributed by atoms with Crippen molar-refractivity contribution in [2.45, 2.75) is 6.42 Å². The van der Waals surface area contributed by atoms with Gasteiger partial charge in [-0.2, -0.15) is 0 Å². The van der Waals surface area contributed by atoms with Crippen molar-refractivity contribution in [2.24, 2.45) is 5.92 Å². The van der Waals surface area contributed by atoms with Crippen LogP contribution in [0.2, 0.25) is 0 Å². The lowest BCUT2D eigenvalue weighted by Crippen LogP contribution is -2.30. The molecule has 1 atom stereocenters. The maximum Gasteiger partial charge on any atom is 0.289 e. The van der Waals surface area contributed by atoms with E-state index in [2.05, 4.69) is 5.32 Å².